The fraction of sp³-hybridized carbons (Fsp3) is 0.167. The van der Waals surface area contributed by atoms with Crippen molar-refractivity contribution in [3.63, 3.8) is 0 Å². The number of rotatable bonds is 3. The Kier molecular flexibility index (Phi) is 2.96. The first-order chi connectivity index (χ1) is 9.24. The average molecular weight is 274 g/mol. The minimum atomic E-state index is -0.508. The van der Waals surface area contributed by atoms with Crippen molar-refractivity contribution in [1.82, 2.24) is 19.7 Å². The molecule has 0 unspecified atom stereocenters. The quantitative estimate of drug-likeness (QED) is 0.727. The normalized spacial score (nSPS) is 10.8. The molecule has 6 nitrogen and oxygen atoms in total. The van der Waals surface area contributed by atoms with Gasteiger partial charge in [-0.3, -0.25) is 9.51 Å². The lowest BCUT2D eigenvalue weighted by Crippen LogP contribution is -2.16. The van der Waals surface area contributed by atoms with Gasteiger partial charge in [0.15, 0.2) is 0 Å². The molecule has 3 rings (SSSR count). The summed E-state index contributed by atoms with van der Waals surface area (Å²) >= 11 is 1.54. The second kappa shape index (κ2) is 4.77. The molecular weight excluding hydrogens is 264 g/mol. The van der Waals surface area contributed by atoms with Crippen molar-refractivity contribution in [3.05, 3.63) is 51.0 Å². The molecule has 0 aliphatic carbocycles. The fourth-order valence-corrected chi connectivity index (χ4v) is 2.33. The summed E-state index contributed by atoms with van der Waals surface area (Å²) in [5.41, 5.74) is 1.41. The van der Waals surface area contributed by atoms with Crippen molar-refractivity contribution in [3.8, 4) is 11.5 Å². The number of hydrogen-bond donors (Lipinski definition) is 0. The van der Waals surface area contributed by atoms with Crippen LogP contribution in [-0.4, -0.2) is 19.7 Å². The highest BCUT2D eigenvalue weighted by atomic mass is 32.1. The number of nitrogens with zero attached hydrogens (tertiary/aromatic N) is 4. The van der Waals surface area contributed by atoms with Crippen LogP contribution in [0, 0.1) is 6.92 Å². The molecule has 0 fully saturated rings. The predicted octanol–water partition coefficient (Wildman–Crippen LogP) is 1.71. The van der Waals surface area contributed by atoms with Crippen LogP contribution in [0.2, 0.25) is 0 Å². The molecular formula is C12H10N4O2S. The highest BCUT2D eigenvalue weighted by Crippen LogP contribution is 2.14. The summed E-state index contributed by atoms with van der Waals surface area (Å²) in [5.74, 6) is -0.0949. The molecule has 0 N–H and O–H groups in total. The van der Waals surface area contributed by atoms with Crippen LogP contribution >= 0.6 is 11.3 Å². The Morgan fingerprint density at radius 2 is 2.32 bits per heavy atom. The highest BCUT2D eigenvalue weighted by molar-refractivity contribution is 7.09. The summed E-state index contributed by atoms with van der Waals surface area (Å²) in [5, 5.41) is 6.65. The van der Waals surface area contributed by atoms with E-state index in [0.717, 1.165) is 10.7 Å². The van der Waals surface area contributed by atoms with E-state index in [1.54, 1.807) is 29.7 Å². The van der Waals surface area contributed by atoms with Crippen LogP contribution in [0.25, 0.3) is 11.5 Å². The largest absolute Gasteiger partial charge is 0.442 e. The van der Waals surface area contributed by atoms with Crippen molar-refractivity contribution >= 4 is 11.3 Å². The number of thiazole rings is 1. The Morgan fingerprint density at radius 3 is 3.00 bits per heavy atom. The fourth-order valence-electron chi connectivity index (χ4n) is 1.73. The van der Waals surface area contributed by atoms with Gasteiger partial charge in [-0.1, -0.05) is 11.2 Å². The van der Waals surface area contributed by atoms with E-state index in [1.165, 1.54) is 4.57 Å². The lowest BCUT2D eigenvalue weighted by Gasteiger charge is -2.01. The number of pyridine rings is 1. The van der Waals surface area contributed by atoms with Crippen molar-refractivity contribution < 1.29 is 4.52 Å². The summed E-state index contributed by atoms with van der Waals surface area (Å²) in [6, 6.07) is 5.41. The van der Waals surface area contributed by atoms with Crippen molar-refractivity contribution in [2.45, 2.75) is 13.5 Å². The summed E-state index contributed by atoms with van der Waals surface area (Å²) in [7, 11) is 0. The van der Waals surface area contributed by atoms with Crippen LogP contribution in [0.4, 0.5) is 0 Å². The summed E-state index contributed by atoms with van der Waals surface area (Å²) in [6.45, 7) is 2.25. The smallest absolute Gasteiger partial charge is 0.295 e. The molecule has 19 heavy (non-hydrogen) atoms. The first kappa shape index (κ1) is 11.8. The SMILES string of the molecule is Cc1nc(Cn2c(-c3ccccn3)noc2=O)cs1. The van der Waals surface area contributed by atoms with Crippen molar-refractivity contribution in [2.75, 3.05) is 0 Å². The van der Waals surface area contributed by atoms with Gasteiger partial charge in [0.05, 0.1) is 17.2 Å². The average Bonchev–Trinajstić information content (AvgIpc) is 2.99. The Bertz CT molecular complexity index is 744. The van der Waals surface area contributed by atoms with Crippen molar-refractivity contribution in [1.29, 1.82) is 0 Å². The molecule has 0 aromatic carbocycles. The lowest BCUT2D eigenvalue weighted by atomic mass is 10.3. The third-order valence-electron chi connectivity index (χ3n) is 2.57. The van der Waals surface area contributed by atoms with Gasteiger partial charge >= 0.3 is 5.76 Å². The van der Waals surface area contributed by atoms with Gasteiger partial charge in [-0.2, -0.15) is 0 Å². The van der Waals surface area contributed by atoms with Gasteiger partial charge in [0.1, 0.15) is 5.69 Å². The molecule has 0 aliphatic rings. The zero-order valence-corrected chi connectivity index (χ0v) is 10.9. The number of hydrogen-bond acceptors (Lipinski definition) is 6. The molecule has 0 saturated heterocycles. The monoisotopic (exact) mass is 274 g/mol. The maximum Gasteiger partial charge on any atom is 0.442 e. The van der Waals surface area contributed by atoms with Crippen LogP contribution in [0.1, 0.15) is 10.7 Å². The molecule has 3 heterocycles. The molecule has 0 radical (unpaired) electrons. The molecule has 96 valence electrons. The van der Waals surface area contributed by atoms with Gasteiger partial charge in [-0.25, -0.2) is 14.3 Å². The van der Waals surface area contributed by atoms with Crippen LogP contribution in [0.5, 0.6) is 0 Å². The Hall–Kier alpha value is -2.28. The van der Waals surface area contributed by atoms with E-state index in [0.29, 0.717) is 18.1 Å². The summed E-state index contributed by atoms with van der Waals surface area (Å²) in [6.07, 6.45) is 1.64. The Morgan fingerprint density at radius 1 is 1.42 bits per heavy atom. The van der Waals surface area contributed by atoms with Crippen LogP contribution in [0.3, 0.4) is 0 Å². The van der Waals surface area contributed by atoms with Gasteiger partial charge in [0.25, 0.3) is 0 Å². The lowest BCUT2D eigenvalue weighted by molar-refractivity contribution is 0.378. The van der Waals surface area contributed by atoms with E-state index in [-0.39, 0.29) is 0 Å². The van der Waals surface area contributed by atoms with Crippen molar-refractivity contribution in [2.24, 2.45) is 0 Å². The van der Waals surface area contributed by atoms with Crippen LogP contribution < -0.4 is 5.76 Å². The van der Waals surface area contributed by atoms with E-state index in [1.807, 2.05) is 18.4 Å². The third-order valence-corrected chi connectivity index (χ3v) is 3.39. The van der Waals surface area contributed by atoms with E-state index in [9.17, 15) is 4.79 Å². The van der Waals surface area contributed by atoms with Gasteiger partial charge in [-0.15, -0.1) is 11.3 Å². The highest BCUT2D eigenvalue weighted by Gasteiger charge is 2.14. The van der Waals surface area contributed by atoms with Gasteiger partial charge in [-0.05, 0) is 19.1 Å². The molecule has 3 aromatic heterocycles. The molecule has 0 amide bonds. The first-order valence-electron chi connectivity index (χ1n) is 5.63. The summed E-state index contributed by atoms with van der Waals surface area (Å²) in [4.78, 5) is 20.2. The summed E-state index contributed by atoms with van der Waals surface area (Å²) < 4.78 is 6.15. The second-order valence-corrected chi connectivity index (χ2v) is 4.99. The maximum absolute atomic E-state index is 11.7. The topological polar surface area (TPSA) is 73.8 Å². The standard InChI is InChI=1S/C12H10N4O2S/c1-8-14-9(7-19-8)6-16-11(15-18-12(16)17)10-4-2-3-5-13-10/h2-5,7H,6H2,1H3. The van der Waals surface area contributed by atoms with Crippen LogP contribution in [0.15, 0.2) is 39.1 Å². The van der Waals surface area contributed by atoms with E-state index < -0.39 is 5.76 Å². The Labute approximate surface area is 112 Å². The molecule has 3 aromatic rings. The van der Waals surface area contributed by atoms with Crippen LogP contribution in [-0.2, 0) is 6.54 Å². The molecule has 7 heteroatoms. The van der Waals surface area contributed by atoms with E-state index in [2.05, 4.69) is 15.1 Å². The second-order valence-electron chi connectivity index (χ2n) is 3.93. The zero-order chi connectivity index (χ0) is 13.2. The maximum atomic E-state index is 11.7. The minimum Gasteiger partial charge on any atom is -0.295 e. The zero-order valence-electron chi connectivity index (χ0n) is 10.1. The third kappa shape index (κ3) is 2.32. The molecule has 0 bridgehead atoms. The minimum absolute atomic E-state index is 0.332. The molecule has 0 saturated carbocycles. The van der Waals surface area contributed by atoms with Gasteiger partial charge < -0.3 is 0 Å². The number of aromatic nitrogens is 4. The molecule has 0 aliphatic heterocycles. The van der Waals surface area contributed by atoms with Gasteiger partial charge in [0.2, 0.25) is 5.82 Å². The Balaban J connectivity index is 2.02. The van der Waals surface area contributed by atoms with E-state index in [4.69, 9.17) is 4.52 Å². The first-order valence-corrected chi connectivity index (χ1v) is 6.51. The number of aryl methyl sites for hydroxylation is 1. The van der Waals surface area contributed by atoms with E-state index >= 15 is 0 Å². The molecule has 0 spiro atoms. The molecule has 0 atom stereocenters. The predicted molar refractivity (Wildman–Crippen MR) is 69.9 cm³/mol. The van der Waals surface area contributed by atoms with Gasteiger partial charge in [0, 0.05) is 11.6 Å².